The van der Waals surface area contributed by atoms with Gasteiger partial charge in [0.15, 0.2) is 0 Å². The topological polar surface area (TPSA) is 115 Å². The van der Waals surface area contributed by atoms with Crippen LogP contribution in [-0.2, 0) is 0 Å². The van der Waals surface area contributed by atoms with E-state index in [0.717, 1.165) is 5.56 Å². The number of anilines is 1. The number of nitrogens with zero attached hydrogens (tertiary/aromatic N) is 3. The lowest BCUT2D eigenvalue weighted by atomic mass is 9.99. The third-order valence-electron chi connectivity index (χ3n) is 2.65. The molecular weight excluding hydrogens is 256 g/mol. The average molecular weight is 271 g/mol. The molecule has 18 heavy (non-hydrogen) atoms. The number of benzene rings is 1. The molecule has 0 spiro atoms. The Morgan fingerprint density at radius 2 is 2.17 bits per heavy atom. The maximum Gasteiger partial charge on any atom is 0.105 e. The molecule has 1 aromatic rings. The number of aliphatic hydroxyl groups excluding tert-OH is 2. The van der Waals surface area contributed by atoms with Gasteiger partial charge in [-0.3, -0.25) is 0 Å². The lowest BCUT2D eigenvalue weighted by Gasteiger charge is -2.18. The fraction of sp³-hybridized carbons (Fsp3) is 0.455. The van der Waals surface area contributed by atoms with Crippen LogP contribution in [0.5, 0.6) is 0 Å². The predicted octanol–water partition coefficient (Wildman–Crippen LogP) is 2.33. The highest BCUT2D eigenvalue weighted by Gasteiger charge is 2.19. The monoisotopic (exact) mass is 270 g/mol. The quantitative estimate of drug-likeness (QED) is 0.330. The average Bonchev–Trinajstić information content (AvgIpc) is 2.34. The van der Waals surface area contributed by atoms with Gasteiger partial charge >= 0.3 is 0 Å². The Labute approximate surface area is 110 Å². The van der Waals surface area contributed by atoms with Gasteiger partial charge in [-0.05, 0) is 36.1 Å². The van der Waals surface area contributed by atoms with Gasteiger partial charge in [0.25, 0.3) is 0 Å². The molecule has 1 aromatic carbocycles. The summed E-state index contributed by atoms with van der Waals surface area (Å²) in [5.74, 6) is 0. The van der Waals surface area contributed by atoms with Crippen LogP contribution in [-0.4, -0.2) is 22.9 Å². The number of azide groups is 1. The van der Waals surface area contributed by atoms with Crippen molar-refractivity contribution in [1.29, 1.82) is 0 Å². The van der Waals surface area contributed by atoms with E-state index in [1.165, 1.54) is 6.07 Å². The Morgan fingerprint density at radius 3 is 2.72 bits per heavy atom. The number of hydrogen-bond acceptors (Lipinski definition) is 4. The molecule has 2 atom stereocenters. The highest BCUT2D eigenvalue weighted by molar-refractivity contribution is 6.33. The summed E-state index contributed by atoms with van der Waals surface area (Å²) >= 11 is 5.91. The molecule has 4 N–H and O–H groups in total. The van der Waals surface area contributed by atoms with Crippen LogP contribution in [0.2, 0.25) is 5.02 Å². The fourth-order valence-corrected chi connectivity index (χ4v) is 1.84. The van der Waals surface area contributed by atoms with Crippen molar-refractivity contribution in [2.75, 3.05) is 12.3 Å². The second-order valence-corrected chi connectivity index (χ2v) is 4.40. The van der Waals surface area contributed by atoms with E-state index in [2.05, 4.69) is 10.0 Å². The zero-order valence-electron chi connectivity index (χ0n) is 9.91. The fourth-order valence-electron chi connectivity index (χ4n) is 1.57. The number of nitrogens with two attached hydrogens (primary N) is 1. The molecule has 1 rings (SSSR count). The smallest absolute Gasteiger partial charge is 0.105 e. The summed E-state index contributed by atoms with van der Waals surface area (Å²) < 4.78 is 0. The van der Waals surface area contributed by atoms with Gasteiger partial charge in [-0.25, -0.2) is 0 Å². The SMILES string of the molecule is Cc1cc(C(O)C(O)CCN=[N+]=[N-])cc(Cl)c1N. The standard InChI is InChI=1S/C11H15ClN4O2/c1-6-4-7(5-8(12)10(6)13)11(18)9(17)2-3-15-16-14/h4-5,9,11,17-18H,2-3,13H2,1H3. The molecule has 0 aliphatic heterocycles. The molecule has 7 heteroatoms. The minimum atomic E-state index is -1.09. The van der Waals surface area contributed by atoms with Crippen molar-refractivity contribution in [3.8, 4) is 0 Å². The molecule has 6 nitrogen and oxygen atoms in total. The molecule has 0 amide bonds. The first kappa shape index (κ1) is 14.6. The van der Waals surface area contributed by atoms with Crippen LogP contribution in [0.1, 0.15) is 23.7 Å². The lowest BCUT2D eigenvalue weighted by Crippen LogP contribution is -2.19. The van der Waals surface area contributed by atoms with Gasteiger partial charge in [0.2, 0.25) is 0 Å². The zero-order valence-corrected chi connectivity index (χ0v) is 10.7. The number of halogens is 1. The van der Waals surface area contributed by atoms with Gasteiger partial charge in [-0.15, -0.1) is 0 Å². The van der Waals surface area contributed by atoms with E-state index in [9.17, 15) is 10.2 Å². The molecule has 0 saturated heterocycles. The molecule has 0 radical (unpaired) electrons. The molecular formula is C11H15ClN4O2. The van der Waals surface area contributed by atoms with Crippen LogP contribution in [0.4, 0.5) is 5.69 Å². The number of hydrogen-bond donors (Lipinski definition) is 3. The highest BCUT2D eigenvalue weighted by atomic mass is 35.5. The summed E-state index contributed by atoms with van der Waals surface area (Å²) in [4.78, 5) is 2.57. The third-order valence-corrected chi connectivity index (χ3v) is 2.97. The summed E-state index contributed by atoms with van der Waals surface area (Å²) in [5, 5.41) is 23.3. The Kier molecular flexibility index (Phi) is 5.25. The first-order valence-electron chi connectivity index (χ1n) is 5.40. The van der Waals surface area contributed by atoms with Gasteiger partial charge < -0.3 is 15.9 Å². The summed E-state index contributed by atoms with van der Waals surface area (Å²) in [5.41, 5.74) is 15.5. The van der Waals surface area contributed by atoms with E-state index in [1.54, 1.807) is 13.0 Å². The van der Waals surface area contributed by atoms with E-state index in [4.69, 9.17) is 22.9 Å². The van der Waals surface area contributed by atoms with E-state index < -0.39 is 12.2 Å². The van der Waals surface area contributed by atoms with Gasteiger partial charge in [0.1, 0.15) is 6.10 Å². The third kappa shape index (κ3) is 3.51. The van der Waals surface area contributed by atoms with Gasteiger partial charge in [-0.2, -0.15) is 0 Å². The van der Waals surface area contributed by atoms with Crippen molar-refractivity contribution < 1.29 is 10.2 Å². The van der Waals surface area contributed by atoms with Crippen molar-refractivity contribution in [2.45, 2.75) is 25.6 Å². The molecule has 0 aromatic heterocycles. The molecule has 0 fully saturated rings. The minimum Gasteiger partial charge on any atom is -0.397 e. The van der Waals surface area contributed by atoms with E-state index in [0.29, 0.717) is 16.3 Å². The number of rotatable bonds is 5. The molecule has 98 valence electrons. The molecule has 0 aliphatic carbocycles. The first-order chi connectivity index (χ1) is 8.47. The predicted molar refractivity (Wildman–Crippen MR) is 70.2 cm³/mol. The maximum absolute atomic E-state index is 9.94. The molecule has 0 heterocycles. The van der Waals surface area contributed by atoms with Gasteiger partial charge in [-0.1, -0.05) is 22.8 Å². The van der Waals surface area contributed by atoms with Crippen molar-refractivity contribution >= 4 is 17.3 Å². The molecule has 0 saturated carbocycles. The first-order valence-corrected chi connectivity index (χ1v) is 5.77. The summed E-state index contributed by atoms with van der Waals surface area (Å²) in [6, 6.07) is 3.19. The summed E-state index contributed by atoms with van der Waals surface area (Å²) in [6.07, 6.45) is -1.93. The van der Waals surface area contributed by atoms with Crippen LogP contribution in [0.25, 0.3) is 10.4 Å². The summed E-state index contributed by atoms with van der Waals surface area (Å²) in [6.45, 7) is 1.89. The van der Waals surface area contributed by atoms with Crippen molar-refractivity contribution in [3.05, 3.63) is 38.7 Å². The largest absolute Gasteiger partial charge is 0.397 e. The van der Waals surface area contributed by atoms with E-state index in [-0.39, 0.29) is 13.0 Å². The molecule has 0 bridgehead atoms. The van der Waals surface area contributed by atoms with E-state index in [1.807, 2.05) is 0 Å². The number of nitrogen functional groups attached to an aromatic ring is 1. The highest BCUT2D eigenvalue weighted by Crippen LogP contribution is 2.29. The van der Waals surface area contributed by atoms with Crippen molar-refractivity contribution in [3.63, 3.8) is 0 Å². The second kappa shape index (κ2) is 6.47. The minimum absolute atomic E-state index is 0.121. The maximum atomic E-state index is 9.94. The number of aliphatic hydroxyl groups is 2. The zero-order chi connectivity index (χ0) is 13.7. The number of aryl methyl sites for hydroxylation is 1. The van der Waals surface area contributed by atoms with Gasteiger partial charge in [0.05, 0.1) is 16.8 Å². The van der Waals surface area contributed by atoms with Crippen LogP contribution >= 0.6 is 11.6 Å². The van der Waals surface area contributed by atoms with Crippen molar-refractivity contribution in [1.82, 2.24) is 0 Å². The van der Waals surface area contributed by atoms with Crippen LogP contribution in [0.3, 0.4) is 0 Å². The van der Waals surface area contributed by atoms with Crippen LogP contribution < -0.4 is 5.73 Å². The Bertz CT molecular complexity index is 451. The lowest BCUT2D eigenvalue weighted by molar-refractivity contribution is 0.0150. The van der Waals surface area contributed by atoms with Crippen LogP contribution in [0, 0.1) is 6.92 Å². The molecule has 2 unspecified atom stereocenters. The Morgan fingerprint density at radius 1 is 1.50 bits per heavy atom. The van der Waals surface area contributed by atoms with Crippen molar-refractivity contribution in [2.24, 2.45) is 5.11 Å². The normalized spacial score (nSPS) is 13.8. The van der Waals surface area contributed by atoms with Gasteiger partial charge in [0, 0.05) is 11.5 Å². The molecule has 0 aliphatic rings. The van der Waals surface area contributed by atoms with Crippen LogP contribution in [0.15, 0.2) is 17.2 Å². The second-order valence-electron chi connectivity index (χ2n) is 3.99. The Balaban J connectivity index is 2.83. The Hall–Kier alpha value is -1.46. The summed E-state index contributed by atoms with van der Waals surface area (Å²) in [7, 11) is 0. The van der Waals surface area contributed by atoms with E-state index >= 15 is 0 Å².